The van der Waals surface area contributed by atoms with Gasteiger partial charge in [-0.25, -0.2) is 0 Å². The van der Waals surface area contributed by atoms with Crippen molar-refractivity contribution in [1.82, 2.24) is 10.2 Å². The first kappa shape index (κ1) is 13.1. The second-order valence-electron chi connectivity index (χ2n) is 4.74. The maximum atomic E-state index is 10.6. The van der Waals surface area contributed by atoms with Crippen molar-refractivity contribution in [3.8, 4) is 11.3 Å². The second kappa shape index (κ2) is 5.58. The zero-order valence-corrected chi connectivity index (χ0v) is 11.2. The molecule has 0 aliphatic carbocycles. The summed E-state index contributed by atoms with van der Waals surface area (Å²) in [7, 11) is 0. The van der Waals surface area contributed by atoms with Crippen LogP contribution in [-0.4, -0.2) is 15.1 Å². The smallest absolute Gasteiger partial charge is 0.269 e. The number of aromatic amines is 1. The van der Waals surface area contributed by atoms with Gasteiger partial charge < -0.3 is 0 Å². The Morgan fingerprint density at radius 3 is 2.43 bits per heavy atom. The molecule has 1 aromatic heterocycles. The SMILES string of the molecule is O=[N+]([O-])c1ccc(Cc2cc(-c3ccccc3)[nH]n2)cc1. The van der Waals surface area contributed by atoms with Crippen LogP contribution >= 0.6 is 0 Å². The normalized spacial score (nSPS) is 10.5. The van der Waals surface area contributed by atoms with Gasteiger partial charge in [0.1, 0.15) is 0 Å². The fraction of sp³-hybridized carbons (Fsp3) is 0.0625. The molecular formula is C16H13N3O2. The molecule has 3 rings (SSSR count). The summed E-state index contributed by atoms with van der Waals surface area (Å²) in [5, 5.41) is 17.9. The molecular weight excluding hydrogens is 266 g/mol. The molecule has 0 amide bonds. The topological polar surface area (TPSA) is 71.8 Å². The standard InChI is InChI=1S/C16H13N3O2/c20-19(21)15-8-6-12(7-9-15)10-14-11-16(18-17-14)13-4-2-1-3-5-13/h1-9,11H,10H2,(H,17,18). The number of H-pyrrole nitrogens is 1. The van der Waals surface area contributed by atoms with Gasteiger partial charge in [-0.1, -0.05) is 42.5 Å². The molecule has 21 heavy (non-hydrogen) atoms. The molecule has 0 saturated carbocycles. The number of nitro groups is 1. The van der Waals surface area contributed by atoms with Gasteiger partial charge in [0.25, 0.3) is 5.69 Å². The van der Waals surface area contributed by atoms with E-state index in [2.05, 4.69) is 10.2 Å². The zero-order valence-electron chi connectivity index (χ0n) is 11.2. The van der Waals surface area contributed by atoms with E-state index in [1.54, 1.807) is 12.1 Å². The number of nitrogens with zero attached hydrogens (tertiary/aromatic N) is 2. The van der Waals surface area contributed by atoms with Crippen LogP contribution in [0.4, 0.5) is 5.69 Å². The van der Waals surface area contributed by atoms with E-state index < -0.39 is 4.92 Å². The average molecular weight is 279 g/mol. The lowest BCUT2D eigenvalue weighted by molar-refractivity contribution is -0.384. The number of aromatic nitrogens is 2. The summed E-state index contributed by atoms with van der Waals surface area (Å²) < 4.78 is 0. The molecule has 0 saturated heterocycles. The minimum atomic E-state index is -0.397. The molecule has 5 nitrogen and oxygen atoms in total. The summed E-state index contributed by atoms with van der Waals surface area (Å²) in [4.78, 5) is 10.2. The van der Waals surface area contributed by atoms with Gasteiger partial charge in [0.15, 0.2) is 0 Å². The molecule has 0 bridgehead atoms. The van der Waals surface area contributed by atoms with E-state index in [9.17, 15) is 10.1 Å². The molecule has 3 aromatic rings. The Labute approximate surface area is 121 Å². The number of nitro benzene ring substituents is 1. The lowest BCUT2D eigenvalue weighted by Crippen LogP contribution is -1.91. The van der Waals surface area contributed by atoms with Gasteiger partial charge in [-0.3, -0.25) is 15.2 Å². The molecule has 0 unspecified atom stereocenters. The van der Waals surface area contributed by atoms with Gasteiger partial charge >= 0.3 is 0 Å². The summed E-state index contributed by atoms with van der Waals surface area (Å²) in [5.41, 5.74) is 4.05. The van der Waals surface area contributed by atoms with Crippen LogP contribution in [0.3, 0.4) is 0 Å². The first-order chi connectivity index (χ1) is 10.2. The van der Waals surface area contributed by atoms with Crippen LogP contribution in [0.2, 0.25) is 0 Å². The second-order valence-corrected chi connectivity index (χ2v) is 4.74. The molecule has 104 valence electrons. The van der Waals surface area contributed by atoms with Crippen LogP contribution in [-0.2, 0) is 6.42 Å². The highest BCUT2D eigenvalue weighted by molar-refractivity contribution is 5.59. The van der Waals surface area contributed by atoms with Gasteiger partial charge in [0.2, 0.25) is 0 Å². The highest BCUT2D eigenvalue weighted by Gasteiger charge is 2.07. The number of nitrogens with one attached hydrogen (secondary N) is 1. The molecule has 1 heterocycles. The van der Waals surface area contributed by atoms with E-state index in [4.69, 9.17) is 0 Å². The van der Waals surface area contributed by atoms with Crippen molar-refractivity contribution in [2.24, 2.45) is 0 Å². The maximum absolute atomic E-state index is 10.6. The van der Waals surface area contributed by atoms with Crippen molar-refractivity contribution in [1.29, 1.82) is 0 Å². The van der Waals surface area contributed by atoms with E-state index >= 15 is 0 Å². The molecule has 1 N–H and O–H groups in total. The average Bonchev–Trinajstić information content (AvgIpc) is 2.97. The third-order valence-electron chi connectivity index (χ3n) is 3.25. The quantitative estimate of drug-likeness (QED) is 0.586. The zero-order chi connectivity index (χ0) is 14.7. The first-order valence-electron chi connectivity index (χ1n) is 6.55. The van der Waals surface area contributed by atoms with E-state index in [-0.39, 0.29) is 5.69 Å². The summed E-state index contributed by atoms with van der Waals surface area (Å²) >= 11 is 0. The fourth-order valence-corrected chi connectivity index (χ4v) is 2.16. The van der Waals surface area contributed by atoms with E-state index in [0.29, 0.717) is 6.42 Å². The molecule has 0 radical (unpaired) electrons. The van der Waals surface area contributed by atoms with Crippen LogP contribution in [0.5, 0.6) is 0 Å². The van der Waals surface area contributed by atoms with Crippen molar-refractivity contribution < 1.29 is 4.92 Å². The van der Waals surface area contributed by atoms with Crippen molar-refractivity contribution in [3.05, 3.63) is 82.0 Å². The van der Waals surface area contributed by atoms with Crippen LogP contribution in [0.1, 0.15) is 11.3 Å². The van der Waals surface area contributed by atoms with Gasteiger partial charge in [-0.05, 0) is 17.2 Å². The van der Waals surface area contributed by atoms with Gasteiger partial charge in [0, 0.05) is 18.6 Å². The Bertz CT molecular complexity index is 749. The van der Waals surface area contributed by atoms with Gasteiger partial charge in [-0.15, -0.1) is 0 Å². The van der Waals surface area contributed by atoms with Crippen molar-refractivity contribution in [2.75, 3.05) is 0 Å². The summed E-state index contributed by atoms with van der Waals surface area (Å²) in [6.45, 7) is 0. The maximum Gasteiger partial charge on any atom is 0.269 e. The Morgan fingerprint density at radius 2 is 1.76 bits per heavy atom. The Hall–Kier alpha value is -2.95. The molecule has 0 fully saturated rings. The fourth-order valence-electron chi connectivity index (χ4n) is 2.16. The Morgan fingerprint density at radius 1 is 1.05 bits per heavy atom. The van der Waals surface area contributed by atoms with Gasteiger partial charge in [0.05, 0.1) is 16.3 Å². The molecule has 5 heteroatoms. The monoisotopic (exact) mass is 279 g/mol. The molecule has 0 aliphatic rings. The molecule has 0 aliphatic heterocycles. The van der Waals surface area contributed by atoms with Crippen LogP contribution < -0.4 is 0 Å². The third-order valence-corrected chi connectivity index (χ3v) is 3.25. The predicted octanol–water partition coefficient (Wildman–Crippen LogP) is 3.58. The van der Waals surface area contributed by atoms with Gasteiger partial charge in [-0.2, -0.15) is 5.10 Å². The highest BCUT2D eigenvalue weighted by atomic mass is 16.6. The third kappa shape index (κ3) is 2.97. The summed E-state index contributed by atoms with van der Waals surface area (Å²) in [6.07, 6.45) is 0.640. The van der Waals surface area contributed by atoms with Crippen molar-refractivity contribution in [2.45, 2.75) is 6.42 Å². The van der Waals surface area contributed by atoms with E-state index in [1.165, 1.54) is 12.1 Å². The molecule has 2 aromatic carbocycles. The predicted molar refractivity (Wildman–Crippen MR) is 79.9 cm³/mol. The lowest BCUT2D eigenvalue weighted by atomic mass is 10.1. The van der Waals surface area contributed by atoms with Crippen molar-refractivity contribution in [3.63, 3.8) is 0 Å². The van der Waals surface area contributed by atoms with Crippen LogP contribution in [0.15, 0.2) is 60.7 Å². The van der Waals surface area contributed by atoms with E-state index in [0.717, 1.165) is 22.5 Å². The van der Waals surface area contributed by atoms with Crippen LogP contribution in [0, 0.1) is 10.1 Å². The number of hydrogen-bond donors (Lipinski definition) is 1. The number of hydrogen-bond acceptors (Lipinski definition) is 3. The van der Waals surface area contributed by atoms with Crippen LogP contribution in [0.25, 0.3) is 11.3 Å². The Balaban J connectivity index is 1.77. The minimum Gasteiger partial charge on any atom is -0.278 e. The number of non-ortho nitro benzene ring substituents is 1. The highest BCUT2D eigenvalue weighted by Crippen LogP contribution is 2.19. The summed E-state index contributed by atoms with van der Waals surface area (Å²) in [5.74, 6) is 0. The lowest BCUT2D eigenvalue weighted by Gasteiger charge is -1.97. The Kier molecular flexibility index (Phi) is 3.47. The van der Waals surface area contributed by atoms with Crippen molar-refractivity contribution >= 4 is 5.69 Å². The number of rotatable bonds is 4. The molecule has 0 spiro atoms. The largest absolute Gasteiger partial charge is 0.278 e. The number of benzene rings is 2. The molecule has 0 atom stereocenters. The summed E-state index contributed by atoms with van der Waals surface area (Å²) in [6, 6.07) is 18.5. The minimum absolute atomic E-state index is 0.103. The first-order valence-corrected chi connectivity index (χ1v) is 6.55. The van der Waals surface area contributed by atoms with E-state index in [1.807, 2.05) is 36.4 Å².